The second-order valence-corrected chi connectivity index (χ2v) is 24.4. The standard InChI is InChI=1S/C64H85N7O11/c1-40(68(10)61(78)81-63(4,5)6)54(72)39-49(59(76)70-36-18-30-52(70)57(74)65-50-28-16-24-44-22-12-14-26-47(44)50)46-34-32-43(33-35-46)21-20-38-80-42(3)55(67-56(73)41(2)69(11)62(79)82-64(7,8)9)60(77)71-37-19-31-53(71)58(75)66-51-29-17-25-45-23-13-15-27-48(45)51/h12-15,22-23,26-27,32-35,40-42,49-53,55H,16-19,24-25,28-31,36-39H2,1-11H3,(H,65,74)(H,66,75)(H,67,73)/t40-,41-,42?,49-,50+,51+,52-,53-,55-/m0/s1. The van der Waals surface area contributed by atoms with E-state index in [0.29, 0.717) is 43.4 Å². The molecule has 442 valence electrons. The maximum Gasteiger partial charge on any atom is 0.410 e. The molecule has 3 N–H and O–H groups in total. The Hall–Kier alpha value is -7.26. The molecule has 82 heavy (non-hydrogen) atoms. The lowest BCUT2D eigenvalue weighted by molar-refractivity contribution is -0.145. The van der Waals surface area contributed by atoms with Crippen LogP contribution in [0.4, 0.5) is 9.59 Å². The average Bonchev–Trinajstić information content (AvgIpc) is 4.34. The number of benzene rings is 3. The van der Waals surface area contributed by atoms with E-state index in [-0.39, 0.29) is 55.2 Å². The summed E-state index contributed by atoms with van der Waals surface area (Å²) in [6, 6.07) is 17.9. The van der Waals surface area contributed by atoms with Gasteiger partial charge in [-0.2, -0.15) is 0 Å². The van der Waals surface area contributed by atoms with Gasteiger partial charge in [0, 0.05) is 39.2 Å². The van der Waals surface area contributed by atoms with Crippen molar-refractivity contribution in [2.75, 3.05) is 33.8 Å². The summed E-state index contributed by atoms with van der Waals surface area (Å²) < 4.78 is 17.2. The van der Waals surface area contributed by atoms with Crippen molar-refractivity contribution in [1.29, 1.82) is 0 Å². The maximum atomic E-state index is 14.9. The number of amides is 7. The number of hydrogen-bond donors (Lipinski definition) is 3. The molecule has 3 aromatic carbocycles. The molecule has 2 aliphatic carbocycles. The maximum absolute atomic E-state index is 14.9. The summed E-state index contributed by atoms with van der Waals surface area (Å²) in [5.41, 5.74) is 4.01. The summed E-state index contributed by atoms with van der Waals surface area (Å²) in [5.74, 6) is 2.68. The number of nitrogens with zero attached hydrogens (tertiary/aromatic N) is 4. The van der Waals surface area contributed by atoms with Gasteiger partial charge in [0.15, 0.2) is 5.78 Å². The molecule has 2 heterocycles. The van der Waals surface area contributed by atoms with Gasteiger partial charge in [-0.3, -0.25) is 33.7 Å². The van der Waals surface area contributed by atoms with Gasteiger partial charge < -0.3 is 44.9 Å². The zero-order valence-electron chi connectivity index (χ0n) is 49.8. The second-order valence-electron chi connectivity index (χ2n) is 24.4. The number of rotatable bonds is 17. The van der Waals surface area contributed by atoms with E-state index < -0.39 is 77.4 Å². The van der Waals surface area contributed by atoms with Crippen molar-refractivity contribution < 1.29 is 52.6 Å². The number of carbonyl (C=O) groups excluding carboxylic acids is 8. The lowest BCUT2D eigenvalue weighted by atomic mass is 9.87. The van der Waals surface area contributed by atoms with E-state index in [0.717, 1.165) is 54.6 Å². The fraction of sp³-hybridized carbons (Fsp3) is 0.562. The molecule has 4 aliphatic rings. The number of nitrogens with one attached hydrogen (secondary N) is 3. The van der Waals surface area contributed by atoms with Crippen molar-refractivity contribution in [3.05, 3.63) is 106 Å². The molecule has 0 radical (unpaired) electrons. The molecule has 2 aliphatic heterocycles. The quantitative estimate of drug-likeness (QED) is 0.111. The van der Waals surface area contributed by atoms with E-state index in [1.165, 1.54) is 41.9 Å². The van der Waals surface area contributed by atoms with Crippen LogP contribution in [0.2, 0.25) is 0 Å². The molecule has 0 aromatic heterocycles. The van der Waals surface area contributed by atoms with Crippen molar-refractivity contribution in [2.24, 2.45) is 0 Å². The lowest BCUT2D eigenvalue weighted by Gasteiger charge is -2.34. The summed E-state index contributed by atoms with van der Waals surface area (Å²) in [7, 11) is 2.92. The third kappa shape index (κ3) is 15.8. The van der Waals surface area contributed by atoms with Crippen LogP contribution >= 0.6 is 0 Å². The van der Waals surface area contributed by atoms with E-state index in [2.05, 4.69) is 39.9 Å². The Morgan fingerprint density at radius 3 is 1.60 bits per heavy atom. The van der Waals surface area contributed by atoms with Crippen LogP contribution in [-0.2, 0) is 55.8 Å². The minimum absolute atomic E-state index is 0.176. The van der Waals surface area contributed by atoms with Crippen LogP contribution in [0.5, 0.6) is 0 Å². The van der Waals surface area contributed by atoms with Crippen LogP contribution < -0.4 is 16.0 Å². The molecule has 7 rings (SSSR count). The molecule has 18 heteroatoms. The molecule has 3 aromatic rings. The molecule has 0 saturated carbocycles. The Morgan fingerprint density at radius 1 is 0.622 bits per heavy atom. The molecule has 0 bridgehead atoms. The number of aryl methyl sites for hydroxylation is 2. The first-order valence-electron chi connectivity index (χ1n) is 29.1. The van der Waals surface area contributed by atoms with Gasteiger partial charge in [-0.05, 0) is 166 Å². The van der Waals surface area contributed by atoms with Crippen LogP contribution in [0, 0.1) is 11.8 Å². The van der Waals surface area contributed by atoms with E-state index >= 15 is 0 Å². The van der Waals surface area contributed by atoms with Gasteiger partial charge in [-0.15, -0.1) is 0 Å². The van der Waals surface area contributed by atoms with Gasteiger partial charge >= 0.3 is 12.2 Å². The van der Waals surface area contributed by atoms with Crippen LogP contribution in [0.3, 0.4) is 0 Å². The highest BCUT2D eigenvalue weighted by atomic mass is 16.6. The summed E-state index contributed by atoms with van der Waals surface area (Å²) in [6.45, 7) is 15.6. The van der Waals surface area contributed by atoms with E-state index in [1.54, 1.807) is 84.6 Å². The number of ether oxygens (including phenoxy) is 3. The Balaban J connectivity index is 1.07. The molecular weight excluding hydrogens is 1040 g/mol. The molecule has 1 unspecified atom stereocenters. The van der Waals surface area contributed by atoms with Crippen molar-refractivity contribution in [2.45, 2.75) is 198 Å². The van der Waals surface area contributed by atoms with Gasteiger partial charge in [-0.1, -0.05) is 72.5 Å². The number of ketones is 1. The van der Waals surface area contributed by atoms with Crippen molar-refractivity contribution in [3.8, 4) is 11.8 Å². The predicted molar refractivity (Wildman–Crippen MR) is 310 cm³/mol. The largest absolute Gasteiger partial charge is 0.444 e. The molecule has 18 nitrogen and oxygen atoms in total. The third-order valence-electron chi connectivity index (χ3n) is 16.1. The Kier molecular flexibility index (Phi) is 20.7. The van der Waals surface area contributed by atoms with Crippen LogP contribution in [0.15, 0.2) is 72.8 Å². The highest BCUT2D eigenvalue weighted by Crippen LogP contribution is 2.34. The van der Waals surface area contributed by atoms with Gasteiger partial charge in [0.1, 0.15) is 42.0 Å². The molecule has 9 atom stereocenters. The van der Waals surface area contributed by atoms with E-state index in [9.17, 15) is 38.4 Å². The average molecular weight is 1130 g/mol. The summed E-state index contributed by atoms with van der Waals surface area (Å²) >= 11 is 0. The van der Waals surface area contributed by atoms with Crippen molar-refractivity contribution >= 4 is 47.5 Å². The molecule has 7 amide bonds. The van der Waals surface area contributed by atoms with Gasteiger partial charge in [0.25, 0.3) is 0 Å². The molecule has 2 fully saturated rings. The monoisotopic (exact) mass is 1130 g/mol. The topological polar surface area (TPSA) is 213 Å². The zero-order valence-corrected chi connectivity index (χ0v) is 49.8. The SMILES string of the molecule is CC(OCC#Cc1ccc([C@H](CC(=O)[C@H](C)N(C)C(=O)OC(C)(C)C)C(=O)N2CCC[C@H]2C(=O)N[C@@H]2CCCc3ccccc32)cc1)[C@H](NC(=O)[C@H](C)N(C)C(=O)OC(C)(C)C)C(=O)N1CCC[C@H]1C(=O)N[C@@H]1CCCc2ccccc21. The fourth-order valence-corrected chi connectivity index (χ4v) is 11.3. The summed E-state index contributed by atoms with van der Waals surface area (Å²) in [4.78, 5) is 117. The Labute approximate surface area is 484 Å². The first kappa shape index (κ1) is 62.3. The molecule has 2 saturated heterocycles. The zero-order chi connectivity index (χ0) is 59.6. The van der Waals surface area contributed by atoms with Crippen LogP contribution in [0.1, 0.15) is 171 Å². The lowest BCUT2D eigenvalue weighted by Crippen LogP contribution is -2.60. The van der Waals surface area contributed by atoms with Gasteiger partial charge in [0.05, 0.1) is 30.1 Å². The van der Waals surface area contributed by atoms with Crippen molar-refractivity contribution in [1.82, 2.24) is 35.6 Å². The number of likely N-dealkylation sites (tertiary alicyclic amines) is 2. The van der Waals surface area contributed by atoms with Crippen LogP contribution in [-0.4, -0.2) is 148 Å². The highest BCUT2D eigenvalue weighted by molar-refractivity contribution is 5.97. The molecule has 0 spiro atoms. The third-order valence-corrected chi connectivity index (χ3v) is 16.1. The number of likely N-dealkylation sites (N-methyl/N-ethyl adjacent to an activating group) is 2. The van der Waals surface area contributed by atoms with E-state index in [1.807, 2.05) is 36.4 Å². The van der Waals surface area contributed by atoms with Crippen LogP contribution in [0.25, 0.3) is 0 Å². The normalized spacial score (nSPS) is 20.4. The number of hydrogen-bond acceptors (Lipinski definition) is 11. The van der Waals surface area contributed by atoms with Gasteiger partial charge in [0.2, 0.25) is 29.5 Å². The van der Waals surface area contributed by atoms with E-state index in [4.69, 9.17) is 14.2 Å². The minimum Gasteiger partial charge on any atom is -0.444 e. The summed E-state index contributed by atoms with van der Waals surface area (Å²) in [6.07, 6.45) is 4.75. The first-order chi connectivity index (χ1) is 38.8. The number of carbonyl (C=O) groups is 8. The fourth-order valence-electron chi connectivity index (χ4n) is 11.3. The smallest absolute Gasteiger partial charge is 0.410 e. The first-order valence-corrected chi connectivity index (χ1v) is 29.1. The van der Waals surface area contributed by atoms with Crippen molar-refractivity contribution in [3.63, 3.8) is 0 Å². The minimum atomic E-state index is -1.28. The number of fused-ring (bicyclic) bond motifs is 2. The summed E-state index contributed by atoms with van der Waals surface area (Å²) in [5, 5.41) is 9.29. The Bertz CT molecular complexity index is 2880. The molecular formula is C64H85N7O11. The predicted octanol–water partition coefficient (Wildman–Crippen LogP) is 7.85. The number of Topliss-reactive ketones (excluding diaryl/α,β-unsaturated/α-hetero) is 1. The van der Waals surface area contributed by atoms with Gasteiger partial charge in [-0.25, -0.2) is 9.59 Å². The highest BCUT2D eigenvalue weighted by Gasteiger charge is 2.43. The Morgan fingerprint density at radius 2 is 1.10 bits per heavy atom. The second kappa shape index (κ2) is 27.2.